The highest BCUT2D eigenvalue weighted by atomic mass is 16.3. The van der Waals surface area contributed by atoms with E-state index in [0.717, 1.165) is 12.8 Å². The van der Waals surface area contributed by atoms with Gasteiger partial charge in [0.15, 0.2) is 0 Å². The minimum Gasteiger partial charge on any atom is -0.395 e. The number of hydrogen-bond acceptors (Lipinski definition) is 3. The number of primary amides is 1. The van der Waals surface area contributed by atoms with Crippen molar-refractivity contribution in [3.05, 3.63) is 0 Å². The first-order valence-corrected chi connectivity index (χ1v) is 5.22. The van der Waals surface area contributed by atoms with Gasteiger partial charge in [0, 0.05) is 18.6 Å². The van der Waals surface area contributed by atoms with Crippen LogP contribution in [0.5, 0.6) is 0 Å². The Hall–Kier alpha value is -0.610. The highest BCUT2D eigenvalue weighted by Gasteiger charge is 2.30. The van der Waals surface area contributed by atoms with Crippen LogP contribution in [-0.4, -0.2) is 41.1 Å². The molecule has 0 aromatic heterocycles. The number of hydrogen-bond donors (Lipinski definition) is 2. The van der Waals surface area contributed by atoms with E-state index < -0.39 is 0 Å². The van der Waals surface area contributed by atoms with Gasteiger partial charge in [0.1, 0.15) is 0 Å². The molecule has 0 aliphatic carbocycles. The minimum atomic E-state index is -0.216. The van der Waals surface area contributed by atoms with Gasteiger partial charge in [-0.05, 0) is 26.7 Å². The van der Waals surface area contributed by atoms with Crippen molar-refractivity contribution in [2.24, 2.45) is 11.7 Å². The summed E-state index contributed by atoms with van der Waals surface area (Å²) in [7, 11) is 0. The highest BCUT2D eigenvalue weighted by Crippen LogP contribution is 2.23. The van der Waals surface area contributed by atoms with Crippen LogP contribution in [0.15, 0.2) is 0 Å². The summed E-state index contributed by atoms with van der Waals surface area (Å²) >= 11 is 0. The molecule has 82 valence electrons. The number of carbonyl (C=O) groups excluding carboxylic acids is 1. The van der Waals surface area contributed by atoms with E-state index in [2.05, 4.69) is 11.8 Å². The molecule has 1 amide bonds. The molecule has 14 heavy (non-hydrogen) atoms. The lowest BCUT2D eigenvalue weighted by molar-refractivity contribution is -0.124. The second-order valence-electron chi connectivity index (χ2n) is 4.25. The maximum Gasteiger partial charge on any atom is 0.221 e. The van der Waals surface area contributed by atoms with E-state index in [9.17, 15) is 4.79 Å². The standard InChI is InChI=1S/C10H20N2O2/c1-7-3-4-9(10(11)14)5-12(7)8(2)6-13/h7-9,13H,3-6H2,1-2H3,(H2,11,14). The number of aliphatic hydroxyl groups is 1. The van der Waals surface area contributed by atoms with Crippen molar-refractivity contribution >= 4 is 5.91 Å². The Morgan fingerprint density at radius 3 is 2.79 bits per heavy atom. The zero-order valence-corrected chi connectivity index (χ0v) is 8.94. The molecule has 4 heteroatoms. The van der Waals surface area contributed by atoms with Crippen molar-refractivity contribution in [2.45, 2.75) is 38.8 Å². The van der Waals surface area contributed by atoms with Crippen molar-refractivity contribution in [3.63, 3.8) is 0 Å². The Morgan fingerprint density at radius 1 is 1.64 bits per heavy atom. The zero-order valence-electron chi connectivity index (χ0n) is 8.94. The Morgan fingerprint density at radius 2 is 2.29 bits per heavy atom. The number of nitrogens with two attached hydrogens (primary N) is 1. The fraction of sp³-hybridized carbons (Fsp3) is 0.900. The van der Waals surface area contributed by atoms with Crippen LogP contribution in [0, 0.1) is 5.92 Å². The van der Waals surface area contributed by atoms with Gasteiger partial charge in [-0.15, -0.1) is 0 Å². The lowest BCUT2D eigenvalue weighted by atomic mass is 9.92. The lowest BCUT2D eigenvalue weighted by Gasteiger charge is -2.40. The molecular formula is C10H20N2O2. The Kier molecular flexibility index (Phi) is 3.89. The first-order valence-electron chi connectivity index (χ1n) is 5.22. The molecule has 1 heterocycles. The molecule has 4 nitrogen and oxygen atoms in total. The van der Waals surface area contributed by atoms with Gasteiger partial charge in [0.25, 0.3) is 0 Å². The van der Waals surface area contributed by atoms with E-state index in [4.69, 9.17) is 10.8 Å². The van der Waals surface area contributed by atoms with Gasteiger partial charge in [-0.1, -0.05) is 0 Å². The molecular weight excluding hydrogens is 180 g/mol. The SMILES string of the molecule is CC(CO)N1CC(C(N)=O)CCC1C. The fourth-order valence-corrected chi connectivity index (χ4v) is 2.09. The molecule has 0 spiro atoms. The summed E-state index contributed by atoms with van der Waals surface area (Å²) in [5.41, 5.74) is 5.29. The first-order chi connectivity index (χ1) is 6.56. The maximum atomic E-state index is 11.1. The molecule has 0 aromatic rings. The molecule has 0 saturated carbocycles. The summed E-state index contributed by atoms with van der Waals surface area (Å²) in [5.74, 6) is -0.257. The van der Waals surface area contributed by atoms with Gasteiger partial charge < -0.3 is 10.8 Å². The molecule has 3 unspecified atom stereocenters. The van der Waals surface area contributed by atoms with Gasteiger partial charge in [0.2, 0.25) is 5.91 Å². The predicted molar refractivity (Wildman–Crippen MR) is 54.6 cm³/mol. The molecule has 3 atom stereocenters. The number of rotatable bonds is 3. The normalized spacial score (nSPS) is 31.4. The molecule has 0 radical (unpaired) electrons. The van der Waals surface area contributed by atoms with Crippen LogP contribution in [0.25, 0.3) is 0 Å². The van der Waals surface area contributed by atoms with Gasteiger partial charge in [-0.25, -0.2) is 0 Å². The largest absolute Gasteiger partial charge is 0.395 e. The molecule has 1 fully saturated rings. The average molecular weight is 200 g/mol. The monoisotopic (exact) mass is 200 g/mol. The Bertz CT molecular complexity index is 204. The third kappa shape index (κ3) is 2.45. The second-order valence-corrected chi connectivity index (χ2v) is 4.25. The van der Waals surface area contributed by atoms with E-state index in [1.54, 1.807) is 0 Å². The lowest BCUT2D eigenvalue weighted by Crippen LogP contribution is -2.50. The number of piperidine rings is 1. The van der Waals surface area contributed by atoms with E-state index in [1.807, 2.05) is 6.92 Å². The van der Waals surface area contributed by atoms with Gasteiger partial charge in [-0.2, -0.15) is 0 Å². The van der Waals surface area contributed by atoms with E-state index >= 15 is 0 Å². The zero-order chi connectivity index (χ0) is 10.7. The number of amides is 1. The molecule has 0 bridgehead atoms. The summed E-state index contributed by atoms with van der Waals surface area (Å²) < 4.78 is 0. The van der Waals surface area contributed by atoms with Crippen molar-refractivity contribution in [2.75, 3.05) is 13.2 Å². The summed E-state index contributed by atoms with van der Waals surface area (Å²) in [6.07, 6.45) is 1.86. The molecule has 1 aliphatic heterocycles. The Labute approximate surface area is 85.1 Å². The topological polar surface area (TPSA) is 66.6 Å². The third-order valence-electron chi connectivity index (χ3n) is 3.16. The van der Waals surface area contributed by atoms with E-state index in [1.165, 1.54) is 0 Å². The number of likely N-dealkylation sites (tertiary alicyclic amines) is 1. The smallest absolute Gasteiger partial charge is 0.221 e. The second kappa shape index (κ2) is 4.75. The van der Waals surface area contributed by atoms with Crippen molar-refractivity contribution < 1.29 is 9.90 Å². The van der Waals surface area contributed by atoms with Crippen LogP contribution in [0.3, 0.4) is 0 Å². The predicted octanol–water partition coefficient (Wildman–Crippen LogP) is -0.0470. The van der Waals surface area contributed by atoms with Crippen LogP contribution < -0.4 is 5.73 Å². The first kappa shape index (κ1) is 11.5. The number of nitrogens with zero attached hydrogens (tertiary/aromatic N) is 1. The van der Waals surface area contributed by atoms with Crippen LogP contribution in [0.2, 0.25) is 0 Å². The third-order valence-corrected chi connectivity index (χ3v) is 3.16. The highest BCUT2D eigenvalue weighted by molar-refractivity contribution is 5.76. The maximum absolute atomic E-state index is 11.1. The summed E-state index contributed by atoms with van der Waals surface area (Å²) in [5, 5.41) is 9.07. The molecule has 3 N–H and O–H groups in total. The van der Waals surface area contributed by atoms with Crippen molar-refractivity contribution in [3.8, 4) is 0 Å². The van der Waals surface area contributed by atoms with E-state index in [-0.39, 0.29) is 24.5 Å². The molecule has 0 aromatic carbocycles. The van der Waals surface area contributed by atoms with Gasteiger partial charge in [0.05, 0.1) is 12.5 Å². The summed E-state index contributed by atoms with van der Waals surface area (Å²) in [6, 6.07) is 0.555. The van der Waals surface area contributed by atoms with Crippen molar-refractivity contribution in [1.82, 2.24) is 4.90 Å². The van der Waals surface area contributed by atoms with E-state index in [0.29, 0.717) is 12.6 Å². The van der Waals surface area contributed by atoms with Crippen molar-refractivity contribution in [1.29, 1.82) is 0 Å². The van der Waals surface area contributed by atoms with Gasteiger partial charge >= 0.3 is 0 Å². The molecule has 1 saturated heterocycles. The average Bonchev–Trinajstić information content (AvgIpc) is 2.17. The Balaban J connectivity index is 2.59. The van der Waals surface area contributed by atoms with Crippen LogP contribution >= 0.6 is 0 Å². The van der Waals surface area contributed by atoms with Gasteiger partial charge in [-0.3, -0.25) is 9.69 Å². The number of aliphatic hydroxyl groups excluding tert-OH is 1. The molecule has 1 rings (SSSR count). The minimum absolute atomic E-state index is 0.0415. The quantitative estimate of drug-likeness (QED) is 0.671. The van der Waals surface area contributed by atoms with Crippen LogP contribution in [0.4, 0.5) is 0 Å². The summed E-state index contributed by atoms with van der Waals surface area (Å²) in [4.78, 5) is 13.2. The summed E-state index contributed by atoms with van der Waals surface area (Å²) in [6.45, 7) is 4.93. The molecule has 1 aliphatic rings. The number of carbonyl (C=O) groups is 1. The van der Waals surface area contributed by atoms with Crippen LogP contribution in [-0.2, 0) is 4.79 Å². The fourth-order valence-electron chi connectivity index (χ4n) is 2.09. The van der Waals surface area contributed by atoms with Crippen LogP contribution in [0.1, 0.15) is 26.7 Å².